The Labute approximate surface area is 127 Å². The Morgan fingerprint density at radius 3 is 2.55 bits per heavy atom. The molecule has 22 heavy (non-hydrogen) atoms. The molecular formula is C15H11N5O2. The van der Waals surface area contributed by atoms with Gasteiger partial charge in [-0.1, -0.05) is 0 Å². The Hall–Kier alpha value is -3.50. The first-order valence-electron chi connectivity index (χ1n) is 6.31. The van der Waals surface area contributed by atoms with E-state index >= 15 is 0 Å². The molecule has 1 unspecified atom stereocenters. The fourth-order valence-corrected chi connectivity index (χ4v) is 2.02. The van der Waals surface area contributed by atoms with Crippen molar-refractivity contribution in [3.05, 3.63) is 29.5 Å². The van der Waals surface area contributed by atoms with Crippen LogP contribution in [0, 0.1) is 34.0 Å². The molecule has 0 fully saturated rings. The van der Waals surface area contributed by atoms with Crippen LogP contribution in [0.4, 0.5) is 11.4 Å². The van der Waals surface area contributed by atoms with Crippen LogP contribution in [0.15, 0.2) is 29.5 Å². The molecule has 7 nitrogen and oxygen atoms in total. The number of hydrogen-bond donors (Lipinski definition) is 1. The molecule has 2 rings (SSSR count). The number of carbonyl (C=O) groups is 1. The van der Waals surface area contributed by atoms with E-state index in [1.54, 1.807) is 50.4 Å². The van der Waals surface area contributed by atoms with Crippen molar-refractivity contribution in [1.29, 1.82) is 15.8 Å². The zero-order valence-corrected chi connectivity index (χ0v) is 11.9. The van der Waals surface area contributed by atoms with E-state index in [2.05, 4.69) is 5.32 Å². The van der Waals surface area contributed by atoms with Gasteiger partial charge in [0.15, 0.2) is 11.7 Å². The first-order chi connectivity index (χ1) is 10.5. The SMILES string of the molecule is CC1Oc2ccc(NC(C#N)=C(C#N)C#N)cc2N(C)C1=O. The number of nitrogens with one attached hydrogen (secondary N) is 1. The summed E-state index contributed by atoms with van der Waals surface area (Å²) in [5.41, 5.74) is 0.551. The van der Waals surface area contributed by atoms with Gasteiger partial charge < -0.3 is 15.0 Å². The summed E-state index contributed by atoms with van der Waals surface area (Å²) in [5.74, 6) is 0.360. The van der Waals surface area contributed by atoms with Gasteiger partial charge in [-0.3, -0.25) is 4.79 Å². The number of allylic oxidation sites excluding steroid dienone is 2. The zero-order chi connectivity index (χ0) is 16.3. The van der Waals surface area contributed by atoms with E-state index in [1.807, 2.05) is 0 Å². The average molecular weight is 293 g/mol. The highest BCUT2D eigenvalue weighted by molar-refractivity contribution is 5.99. The van der Waals surface area contributed by atoms with E-state index in [9.17, 15) is 4.79 Å². The predicted octanol–water partition coefficient (Wildman–Crippen LogP) is 1.67. The van der Waals surface area contributed by atoms with E-state index < -0.39 is 6.10 Å². The number of carbonyl (C=O) groups excluding carboxylic acids is 1. The van der Waals surface area contributed by atoms with Crippen molar-refractivity contribution >= 4 is 17.3 Å². The molecule has 0 spiro atoms. The molecule has 0 saturated heterocycles. The molecule has 1 amide bonds. The van der Waals surface area contributed by atoms with Crippen LogP contribution in [0.3, 0.4) is 0 Å². The standard InChI is InChI=1S/C15H11N5O2/c1-9-15(21)20(2)13-5-11(3-4-14(13)22-9)19-12(8-18)10(6-16)7-17/h3-5,9,19H,1-2H3. The summed E-state index contributed by atoms with van der Waals surface area (Å²) in [5, 5.41) is 29.4. The fraction of sp³-hybridized carbons (Fsp3) is 0.200. The number of nitrogens with zero attached hydrogens (tertiary/aromatic N) is 4. The van der Waals surface area contributed by atoms with Crippen LogP contribution in [0.25, 0.3) is 0 Å². The first-order valence-corrected chi connectivity index (χ1v) is 6.31. The summed E-state index contributed by atoms with van der Waals surface area (Å²) in [7, 11) is 1.63. The molecule has 0 saturated carbocycles. The summed E-state index contributed by atoms with van der Waals surface area (Å²) in [6.45, 7) is 1.66. The molecule has 1 atom stereocenters. The summed E-state index contributed by atoms with van der Waals surface area (Å²) in [6.07, 6.45) is -0.561. The lowest BCUT2D eigenvalue weighted by atomic mass is 10.1. The largest absolute Gasteiger partial charge is 0.479 e. The number of anilines is 2. The van der Waals surface area contributed by atoms with Gasteiger partial charge in [0.05, 0.1) is 5.69 Å². The Bertz CT molecular complexity index is 776. The lowest BCUT2D eigenvalue weighted by molar-refractivity contribution is -0.125. The van der Waals surface area contributed by atoms with Crippen LogP contribution in [0.5, 0.6) is 5.75 Å². The number of fused-ring (bicyclic) bond motifs is 1. The summed E-state index contributed by atoms with van der Waals surface area (Å²) < 4.78 is 5.49. The zero-order valence-electron chi connectivity index (χ0n) is 11.9. The van der Waals surface area contributed by atoms with E-state index in [0.29, 0.717) is 17.1 Å². The van der Waals surface area contributed by atoms with Gasteiger partial charge in [0, 0.05) is 12.7 Å². The Morgan fingerprint density at radius 2 is 1.95 bits per heavy atom. The van der Waals surface area contributed by atoms with Gasteiger partial charge in [0.2, 0.25) is 0 Å². The maximum atomic E-state index is 11.9. The van der Waals surface area contributed by atoms with Crippen molar-refractivity contribution in [3.8, 4) is 24.0 Å². The maximum Gasteiger partial charge on any atom is 0.267 e. The topological polar surface area (TPSA) is 113 Å². The number of benzene rings is 1. The number of rotatable bonds is 2. The molecule has 0 aromatic heterocycles. The Balaban J connectivity index is 2.40. The van der Waals surface area contributed by atoms with E-state index in [0.717, 1.165) is 0 Å². The van der Waals surface area contributed by atoms with Crippen LogP contribution < -0.4 is 15.0 Å². The van der Waals surface area contributed by atoms with Gasteiger partial charge in [0.25, 0.3) is 5.91 Å². The lowest BCUT2D eigenvalue weighted by Crippen LogP contribution is -2.41. The molecule has 108 valence electrons. The molecular weight excluding hydrogens is 282 g/mol. The first kappa shape index (κ1) is 14.9. The third kappa shape index (κ3) is 2.54. The monoisotopic (exact) mass is 293 g/mol. The second-order valence-electron chi connectivity index (χ2n) is 4.55. The second-order valence-corrected chi connectivity index (χ2v) is 4.55. The molecule has 1 aromatic carbocycles. The van der Waals surface area contributed by atoms with Crippen molar-refractivity contribution in [2.45, 2.75) is 13.0 Å². The highest BCUT2D eigenvalue weighted by Crippen LogP contribution is 2.35. The number of nitriles is 3. The molecule has 1 aliphatic rings. The highest BCUT2D eigenvalue weighted by Gasteiger charge is 2.29. The summed E-state index contributed by atoms with van der Waals surface area (Å²) in [4.78, 5) is 13.4. The fourth-order valence-electron chi connectivity index (χ4n) is 2.02. The van der Waals surface area contributed by atoms with Crippen LogP contribution in [0.2, 0.25) is 0 Å². The second kappa shape index (κ2) is 5.87. The third-order valence-corrected chi connectivity index (χ3v) is 3.16. The smallest absolute Gasteiger partial charge is 0.267 e. The van der Waals surface area contributed by atoms with Crippen molar-refractivity contribution < 1.29 is 9.53 Å². The molecule has 1 aliphatic heterocycles. The predicted molar refractivity (Wildman–Crippen MR) is 77.4 cm³/mol. The van der Waals surface area contributed by atoms with Gasteiger partial charge in [-0.15, -0.1) is 0 Å². The van der Waals surface area contributed by atoms with E-state index in [-0.39, 0.29) is 17.2 Å². The van der Waals surface area contributed by atoms with E-state index in [1.165, 1.54) is 4.90 Å². The summed E-state index contributed by atoms with van der Waals surface area (Å²) >= 11 is 0. The highest BCUT2D eigenvalue weighted by atomic mass is 16.5. The maximum absolute atomic E-state index is 11.9. The summed E-state index contributed by atoms with van der Waals surface area (Å²) in [6, 6.07) is 9.98. The molecule has 7 heteroatoms. The van der Waals surface area contributed by atoms with Gasteiger partial charge in [-0.25, -0.2) is 0 Å². The van der Waals surface area contributed by atoms with Gasteiger partial charge in [-0.2, -0.15) is 15.8 Å². The van der Waals surface area contributed by atoms with Gasteiger partial charge in [0.1, 0.15) is 29.7 Å². The molecule has 0 radical (unpaired) electrons. The number of hydrogen-bond acceptors (Lipinski definition) is 6. The molecule has 1 heterocycles. The molecule has 0 bridgehead atoms. The quantitative estimate of drug-likeness (QED) is 0.830. The van der Waals surface area contributed by atoms with E-state index in [4.69, 9.17) is 20.5 Å². The van der Waals surface area contributed by atoms with Crippen molar-refractivity contribution in [2.75, 3.05) is 17.3 Å². The van der Waals surface area contributed by atoms with Crippen LogP contribution >= 0.6 is 0 Å². The van der Waals surface area contributed by atoms with Crippen LogP contribution in [-0.4, -0.2) is 19.1 Å². The van der Waals surface area contributed by atoms with Crippen molar-refractivity contribution in [2.24, 2.45) is 0 Å². The molecule has 0 aliphatic carbocycles. The van der Waals surface area contributed by atoms with Crippen molar-refractivity contribution in [1.82, 2.24) is 0 Å². The molecule has 1 N–H and O–H groups in total. The van der Waals surface area contributed by atoms with Crippen molar-refractivity contribution in [3.63, 3.8) is 0 Å². The minimum Gasteiger partial charge on any atom is -0.479 e. The normalized spacial score (nSPS) is 15.5. The molecule has 1 aromatic rings. The number of amides is 1. The minimum absolute atomic E-state index is 0.149. The average Bonchev–Trinajstić information content (AvgIpc) is 2.53. The van der Waals surface area contributed by atoms with Gasteiger partial charge in [-0.05, 0) is 25.1 Å². The minimum atomic E-state index is -0.561. The number of likely N-dealkylation sites (N-methyl/N-ethyl adjacent to an activating group) is 1. The lowest BCUT2D eigenvalue weighted by Gasteiger charge is -2.30. The third-order valence-electron chi connectivity index (χ3n) is 3.16. The van der Waals surface area contributed by atoms with Gasteiger partial charge >= 0.3 is 0 Å². The Kier molecular flexibility index (Phi) is 3.97. The Morgan fingerprint density at radius 1 is 1.27 bits per heavy atom. The van der Waals surface area contributed by atoms with Crippen LogP contribution in [-0.2, 0) is 4.79 Å². The van der Waals surface area contributed by atoms with Crippen LogP contribution in [0.1, 0.15) is 6.92 Å². The number of ether oxygens (including phenoxy) is 1.